The maximum atomic E-state index is 13.2. The molecule has 186 valence electrons. The first kappa shape index (κ1) is 24.6. The fraction of sp³-hybridized carbons (Fsp3) is 0.185. The summed E-state index contributed by atoms with van der Waals surface area (Å²) in [6, 6.07) is 15.6. The van der Waals surface area contributed by atoms with E-state index in [9.17, 15) is 9.18 Å². The second-order valence-corrected chi connectivity index (χ2v) is 7.87. The smallest absolute Gasteiger partial charge is 0.319 e. The van der Waals surface area contributed by atoms with Crippen LogP contribution in [0.4, 0.5) is 14.9 Å². The first-order chi connectivity index (χ1) is 17.4. The van der Waals surface area contributed by atoms with Gasteiger partial charge in [-0.3, -0.25) is 4.98 Å². The van der Waals surface area contributed by atoms with Crippen LogP contribution in [0.15, 0.2) is 66.9 Å². The molecule has 4 aromatic rings. The molecule has 0 aliphatic carbocycles. The van der Waals surface area contributed by atoms with Gasteiger partial charge in [0.05, 0.1) is 38.6 Å². The van der Waals surface area contributed by atoms with Crippen LogP contribution >= 0.6 is 0 Å². The Kier molecular flexibility index (Phi) is 7.39. The van der Waals surface area contributed by atoms with Gasteiger partial charge in [0.1, 0.15) is 23.1 Å². The molecule has 0 aliphatic heterocycles. The molecule has 0 aliphatic rings. The number of carbonyl (C=O) groups excluding carboxylic acids is 1. The molecule has 1 heterocycles. The number of methoxy groups -OCH3 is 3. The summed E-state index contributed by atoms with van der Waals surface area (Å²) in [6.07, 6.45) is 1.64. The summed E-state index contributed by atoms with van der Waals surface area (Å²) < 4.78 is 35.5. The second-order valence-electron chi connectivity index (χ2n) is 7.87. The minimum Gasteiger partial charge on any atom is -0.494 e. The molecule has 0 bridgehead atoms. The van der Waals surface area contributed by atoms with Crippen molar-refractivity contribution in [2.45, 2.75) is 13.0 Å². The number of halogens is 1. The largest absolute Gasteiger partial charge is 0.494 e. The molecule has 4 rings (SSSR count). The molecular formula is C27H26FN3O5. The molecule has 0 radical (unpaired) electrons. The van der Waals surface area contributed by atoms with Crippen LogP contribution in [0.1, 0.15) is 18.5 Å². The molecule has 3 aromatic carbocycles. The molecule has 2 amide bonds. The highest BCUT2D eigenvalue weighted by atomic mass is 19.1. The van der Waals surface area contributed by atoms with Crippen molar-refractivity contribution in [2.24, 2.45) is 0 Å². The summed E-state index contributed by atoms with van der Waals surface area (Å²) in [6.45, 7) is 1.81. The minimum atomic E-state index is -0.431. The number of benzene rings is 3. The van der Waals surface area contributed by atoms with Crippen molar-refractivity contribution in [3.8, 4) is 28.7 Å². The summed E-state index contributed by atoms with van der Waals surface area (Å²) in [7, 11) is 4.63. The van der Waals surface area contributed by atoms with Gasteiger partial charge in [0.15, 0.2) is 11.5 Å². The van der Waals surface area contributed by atoms with E-state index in [0.29, 0.717) is 40.0 Å². The molecule has 0 fully saturated rings. The molecule has 0 spiro atoms. The third-order valence-electron chi connectivity index (χ3n) is 5.57. The number of urea groups is 1. The monoisotopic (exact) mass is 491 g/mol. The molecule has 2 N–H and O–H groups in total. The van der Waals surface area contributed by atoms with E-state index >= 15 is 0 Å². The van der Waals surface area contributed by atoms with Crippen LogP contribution in [0.3, 0.4) is 0 Å². The normalized spacial score (nSPS) is 11.5. The van der Waals surface area contributed by atoms with Gasteiger partial charge >= 0.3 is 6.03 Å². The number of anilines is 1. The van der Waals surface area contributed by atoms with Gasteiger partial charge in [-0.05, 0) is 48.9 Å². The van der Waals surface area contributed by atoms with Crippen LogP contribution in [0.2, 0.25) is 0 Å². The Morgan fingerprint density at radius 2 is 1.56 bits per heavy atom. The predicted molar refractivity (Wildman–Crippen MR) is 135 cm³/mol. The summed E-state index contributed by atoms with van der Waals surface area (Å²) in [5.41, 5.74) is 1.92. The zero-order valence-corrected chi connectivity index (χ0v) is 20.3. The number of hydrogen-bond donors (Lipinski definition) is 2. The Hall–Kier alpha value is -4.53. The van der Waals surface area contributed by atoms with Crippen LogP contribution in [-0.2, 0) is 0 Å². The van der Waals surface area contributed by atoms with E-state index in [1.807, 2.05) is 6.92 Å². The van der Waals surface area contributed by atoms with Crippen LogP contribution in [0, 0.1) is 5.82 Å². The van der Waals surface area contributed by atoms with Gasteiger partial charge in [0.25, 0.3) is 0 Å². The third kappa shape index (κ3) is 5.41. The number of amides is 2. The van der Waals surface area contributed by atoms with Crippen LogP contribution in [-0.4, -0.2) is 32.3 Å². The lowest BCUT2D eigenvalue weighted by molar-refractivity contribution is 0.249. The summed E-state index contributed by atoms with van der Waals surface area (Å²) >= 11 is 0. The SMILES string of the molecule is COc1cc(Oc2ccnc3cc(OC)c(OC)cc23)ccc1NC(=O)N[C@@H](C)c1ccc(F)cc1. The lowest BCUT2D eigenvalue weighted by Crippen LogP contribution is -2.31. The van der Waals surface area contributed by atoms with Gasteiger partial charge in [-0.1, -0.05) is 12.1 Å². The zero-order valence-electron chi connectivity index (χ0n) is 20.3. The van der Waals surface area contributed by atoms with Crippen molar-refractivity contribution in [2.75, 3.05) is 26.6 Å². The Balaban J connectivity index is 1.51. The second kappa shape index (κ2) is 10.8. The summed E-state index contributed by atoms with van der Waals surface area (Å²) in [5.74, 6) is 2.27. The van der Waals surface area contributed by atoms with E-state index in [1.165, 1.54) is 19.2 Å². The van der Waals surface area contributed by atoms with E-state index in [0.717, 1.165) is 10.9 Å². The van der Waals surface area contributed by atoms with Gasteiger partial charge in [0, 0.05) is 23.7 Å². The van der Waals surface area contributed by atoms with Gasteiger partial charge < -0.3 is 29.6 Å². The minimum absolute atomic E-state index is 0.324. The van der Waals surface area contributed by atoms with E-state index in [1.54, 1.807) is 68.9 Å². The molecular weight excluding hydrogens is 465 g/mol. The standard InChI is InChI=1S/C27H26FN3O5/c1-16(17-5-7-18(28)8-6-17)30-27(32)31-21-10-9-19(13-24(21)33-2)36-23-11-12-29-22-15-26(35-4)25(34-3)14-20(22)23/h5-16H,1-4H3,(H2,30,31,32)/t16-/m0/s1. The molecule has 0 saturated heterocycles. The lowest BCUT2D eigenvalue weighted by atomic mass is 10.1. The topological polar surface area (TPSA) is 90.9 Å². The Morgan fingerprint density at radius 3 is 2.25 bits per heavy atom. The number of pyridine rings is 1. The quantitative estimate of drug-likeness (QED) is 0.311. The highest BCUT2D eigenvalue weighted by Crippen LogP contribution is 2.38. The number of rotatable bonds is 8. The van der Waals surface area contributed by atoms with Gasteiger partial charge in [-0.2, -0.15) is 0 Å². The first-order valence-electron chi connectivity index (χ1n) is 11.1. The Morgan fingerprint density at radius 1 is 0.861 bits per heavy atom. The van der Waals surface area contributed by atoms with Crippen molar-refractivity contribution in [1.29, 1.82) is 0 Å². The number of ether oxygens (including phenoxy) is 4. The molecule has 9 heteroatoms. The summed E-state index contributed by atoms with van der Waals surface area (Å²) in [4.78, 5) is 16.9. The third-order valence-corrected chi connectivity index (χ3v) is 5.57. The maximum Gasteiger partial charge on any atom is 0.319 e. The average Bonchev–Trinajstić information content (AvgIpc) is 2.89. The van der Waals surface area contributed by atoms with Crippen molar-refractivity contribution < 1.29 is 28.1 Å². The molecule has 0 saturated carbocycles. The van der Waals surface area contributed by atoms with Crippen LogP contribution in [0.25, 0.3) is 10.9 Å². The van der Waals surface area contributed by atoms with Gasteiger partial charge in [-0.15, -0.1) is 0 Å². The van der Waals surface area contributed by atoms with E-state index in [2.05, 4.69) is 15.6 Å². The number of aromatic nitrogens is 1. The van der Waals surface area contributed by atoms with Crippen LogP contribution < -0.4 is 29.6 Å². The molecule has 1 aromatic heterocycles. The maximum absolute atomic E-state index is 13.2. The fourth-order valence-electron chi connectivity index (χ4n) is 3.69. The molecule has 36 heavy (non-hydrogen) atoms. The van der Waals surface area contributed by atoms with Crippen molar-refractivity contribution in [3.63, 3.8) is 0 Å². The van der Waals surface area contributed by atoms with E-state index in [-0.39, 0.29) is 11.9 Å². The summed E-state index contributed by atoms with van der Waals surface area (Å²) in [5, 5.41) is 6.34. The number of nitrogens with one attached hydrogen (secondary N) is 2. The molecule has 0 unspecified atom stereocenters. The first-order valence-corrected chi connectivity index (χ1v) is 11.1. The number of fused-ring (bicyclic) bond motifs is 1. The number of hydrogen-bond acceptors (Lipinski definition) is 6. The van der Waals surface area contributed by atoms with E-state index in [4.69, 9.17) is 18.9 Å². The Labute approximate surface area is 208 Å². The highest BCUT2D eigenvalue weighted by molar-refractivity contribution is 5.91. The molecule has 8 nitrogen and oxygen atoms in total. The highest BCUT2D eigenvalue weighted by Gasteiger charge is 2.15. The van der Waals surface area contributed by atoms with Gasteiger partial charge in [-0.25, -0.2) is 9.18 Å². The predicted octanol–water partition coefficient (Wildman–Crippen LogP) is 6.07. The van der Waals surface area contributed by atoms with Crippen molar-refractivity contribution in [1.82, 2.24) is 10.3 Å². The lowest BCUT2D eigenvalue weighted by Gasteiger charge is -2.17. The number of carbonyl (C=O) groups is 1. The number of nitrogens with zero attached hydrogens (tertiary/aromatic N) is 1. The Bertz CT molecular complexity index is 1380. The van der Waals surface area contributed by atoms with Crippen molar-refractivity contribution >= 4 is 22.6 Å². The van der Waals surface area contributed by atoms with Gasteiger partial charge in [0.2, 0.25) is 0 Å². The molecule has 1 atom stereocenters. The van der Waals surface area contributed by atoms with Crippen LogP contribution in [0.5, 0.6) is 28.7 Å². The zero-order chi connectivity index (χ0) is 25.7. The van der Waals surface area contributed by atoms with Crippen molar-refractivity contribution in [3.05, 3.63) is 78.2 Å². The van der Waals surface area contributed by atoms with E-state index < -0.39 is 6.03 Å². The fourth-order valence-corrected chi connectivity index (χ4v) is 3.69. The average molecular weight is 492 g/mol.